The average Bonchev–Trinajstić information content (AvgIpc) is 2.15. The minimum Gasteiger partial charge on any atom is -0.377 e. The van der Waals surface area contributed by atoms with Gasteiger partial charge in [0.15, 0.2) is 0 Å². The van der Waals surface area contributed by atoms with Crippen LogP contribution in [0, 0.1) is 11.8 Å². The molecule has 0 aliphatic carbocycles. The number of hydrogen-bond donors (Lipinski definition) is 0. The number of aryl methyl sites for hydroxylation is 1. The molecule has 0 N–H and O–H groups in total. The van der Waals surface area contributed by atoms with E-state index in [-0.39, 0.29) is 0 Å². The molecule has 0 saturated heterocycles. The Morgan fingerprint density at radius 3 is 2.43 bits per heavy atom. The van der Waals surface area contributed by atoms with Gasteiger partial charge in [0.1, 0.15) is 0 Å². The highest BCUT2D eigenvalue weighted by atomic mass is 16.3. The van der Waals surface area contributed by atoms with E-state index in [1.54, 1.807) is 18.2 Å². The summed E-state index contributed by atoms with van der Waals surface area (Å²) < 4.78 is 0. The zero-order valence-electron chi connectivity index (χ0n) is 8.44. The van der Waals surface area contributed by atoms with Crippen LogP contribution < -0.4 is 4.90 Å². The maximum Gasteiger partial charge on any atom is 0.316 e. The van der Waals surface area contributed by atoms with Crippen molar-refractivity contribution in [2.45, 2.75) is 6.92 Å². The molecule has 0 unspecified atom stereocenters. The van der Waals surface area contributed by atoms with Crippen LogP contribution in [-0.2, 0) is 0 Å². The van der Waals surface area contributed by atoms with Gasteiger partial charge in [-0.1, -0.05) is 0 Å². The lowest BCUT2D eigenvalue weighted by Crippen LogP contribution is -2.10. The highest BCUT2D eigenvalue weighted by Gasteiger charge is 2.08. The second kappa shape index (κ2) is 4.00. The lowest BCUT2D eigenvalue weighted by Gasteiger charge is -2.15. The molecular weight excluding hydrogens is 180 g/mol. The SMILES string of the molecule is Cc1cc(C(=O)N=O)ccc1N(C)C. The van der Waals surface area contributed by atoms with Crippen LogP contribution in [0.15, 0.2) is 23.4 Å². The zero-order chi connectivity index (χ0) is 10.7. The molecular formula is C10H12N2O2. The van der Waals surface area contributed by atoms with Crippen LogP contribution in [-0.4, -0.2) is 20.0 Å². The van der Waals surface area contributed by atoms with E-state index in [1.807, 2.05) is 25.9 Å². The normalized spacial score (nSPS) is 9.64. The minimum atomic E-state index is -0.724. The summed E-state index contributed by atoms with van der Waals surface area (Å²) in [5, 5.41) is 2.37. The molecule has 0 saturated carbocycles. The summed E-state index contributed by atoms with van der Waals surface area (Å²) in [6, 6.07) is 5.07. The molecule has 1 aromatic carbocycles. The molecule has 0 aliphatic rings. The number of amides is 1. The van der Waals surface area contributed by atoms with Gasteiger partial charge in [0.2, 0.25) is 0 Å². The molecule has 4 nitrogen and oxygen atoms in total. The van der Waals surface area contributed by atoms with Crippen LogP contribution in [0.3, 0.4) is 0 Å². The van der Waals surface area contributed by atoms with Crippen molar-refractivity contribution < 1.29 is 4.79 Å². The molecule has 74 valence electrons. The van der Waals surface area contributed by atoms with Crippen molar-refractivity contribution in [1.29, 1.82) is 0 Å². The summed E-state index contributed by atoms with van der Waals surface area (Å²) in [5.74, 6) is -0.724. The maximum atomic E-state index is 11.0. The third-order valence-electron chi connectivity index (χ3n) is 2.01. The standard InChI is InChI=1S/C10H12N2O2/c1-7-6-8(10(13)11-14)4-5-9(7)12(2)3/h4-6H,1-3H3. The summed E-state index contributed by atoms with van der Waals surface area (Å²) >= 11 is 0. The van der Waals surface area contributed by atoms with Crippen LogP contribution in [0.2, 0.25) is 0 Å². The molecule has 1 amide bonds. The van der Waals surface area contributed by atoms with Gasteiger partial charge in [0.25, 0.3) is 0 Å². The predicted octanol–water partition coefficient (Wildman–Crippen LogP) is 1.97. The highest BCUT2D eigenvalue weighted by Crippen LogP contribution is 2.19. The highest BCUT2D eigenvalue weighted by molar-refractivity contribution is 5.95. The molecule has 0 heterocycles. The van der Waals surface area contributed by atoms with Crippen molar-refractivity contribution in [3.05, 3.63) is 34.2 Å². The van der Waals surface area contributed by atoms with Crippen molar-refractivity contribution in [2.24, 2.45) is 5.18 Å². The number of rotatable bonds is 2. The quantitative estimate of drug-likeness (QED) is 0.673. The van der Waals surface area contributed by atoms with Crippen LogP contribution >= 0.6 is 0 Å². The summed E-state index contributed by atoms with van der Waals surface area (Å²) in [6.07, 6.45) is 0. The molecule has 0 fully saturated rings. The van der Waals surface area contributed by atoms with E-state index in [9.17, 15) is 9.70 Å². The van der Waals surface area contributed by atoms with E-state index in [0.29, 0.717) is 5.56 Å². The largest absolute Gasteiger partial charge is 0.377 e. The third-order valence-corrected chi connectivity index (χ3v) is 2.01. The molecule has 0 aromatic heterocycles. The molecule has 0 radical (unpaired) electrons. The Hall–Kier alpha value is -1.71. The number of nitroso groups, excluding NO2 is 1. The van der Waals surface area contributed by atoms with Gasteiger partial charge >= 0.3 is 5.91 Å². The number of nitrogens with zero attached hydrogens (tertiary/aromatic N) is 2. The molecule has 0 aliphatic heterocycles. The van der Waals surface area contributed by atoms with Crippen molar-refractivity contribution in [3.63, 3.8) is 0 Å². The first-order valence-electron chi connectivity index (χ1n) is 4.22. The van der Waals surface area contributed by atoms with Crippen LogP contribution in [0.4, 0.5) is 5.69 Å². The first-order valence-corrected chi connectivity index (χ1v) is 4.22. The van der Waals surface area contributed by atoms with Gasteiger partial charge in [-0.15, -0.1) is 4.91 Å². The van der Waals surface area contributed by atoms with Gasteiger partial charge < -0.3 is 4.90 Å². The Morgan fingerprint density at radius 1 is 1.36 bits per heavy atom. The molecule has 0 bridgehead atoms. The van der Waals surface area contributed by atoms with E-state index in [0.717, 1.165) is 11.3 Å². The second-order valence-electron chi connectivity index (χ2n) is 3.29. The molecule has 14 heavy (non-hydrogen) atoms. The Kier molecular flexibility index (Phi) is 2.96. The van der Waals surface area contributed by atoms with Gasteiger partial charge in [-0.3, -0.25) is 4.79 Å². The van der Waals surface area contributed by atoms with Crippen molar-refractivity contribution >= 4 is 11.6 Å². The minimum absolute atomic E-state index is 0.336. The number of carbonyl (C=O) groups is 1. The lowest BCUT2D eigenvalue weighted by molar-refractivity contribution is 0.100. The summed E-state index contributed by atoms with van der Waals surface area (Å²) in [6.45, 7) is 1.89. The van der Waals surface area contributed by atoms with E-state index in [2.05, 4.69) is 5.18 Å². The van der Waals surface area contributed by atoms with Crippen LogP contribution in [0.5, 0.6) is 0 Å². The van der Waals surface area contributed by atoms with Crippen molar-refractivity contribution in [3.8, 4) is 0 Å². The maximum absolute atomic E-state index is 11.0. The summed E-state index contributed by atoms with van der Waals surface area (Å²) in [4.78, 5) is 22.9. The number of anilines is 1. The Morgan fingerprint density at radius 2 is 2.00 bits per heavy atom. The molecule has 1 aromatic rings. The van der Waals surface area contributed by atoms with E-state index in [4.69, 9.17) is 0 Å². The number of hydrogen-bond acceptors (Lipinski definition) is 3. The molecule has 0 atom stereocenters. The Labute approximate surface area is 82.5 Å². The first kappa shape index (κ1) is 10.4. The van der Waals surface area contributed by atoms with Gasteiger partial charge in [0.05, 0.1) is 0 Å². The predicted molar refractivity (Wildman–Crippen MR) is 55.6 cm³/mol. The molecule has 4 heteroatoms. The topological polar surface area (TPSA) is 49.7 Å². The molecule has 0 spiro atoms. The number of carbonyl (C=O) groups excluding carboxylic acids is 1. The Balaban J connectivity index is 3.12. The van der Waals surface area contributed by atoms with Gasteiger partial charge in [-0.05, 0) is 30.7 Å². The van der Waals surface area contributed by atoms with E-state index < -0.39 is 5.91 Å². The zero-order valence-corrected chi connectivity index (χ0v) is 8.44. The summed E-state index contributed by atoms with van der Waals surface area (Å²) in [5.41, 5.74) is 2.31. The first-order chi connectivity index (χ1) is 6.56. The number of benzene rings is 1. The second-order valence-corrected chi connectivity index (χ2v) is 3.29. The fraction of sp³-hybridized carbons (Fsp3) is 0.300. The van der Waals surface area contributed by atoms with Crippen LogP contribution in [0.1, 0.15) is 15.9 Å². The van der Waals surface area contributed by atoms with E-state index in [1.165, 1.54) is 0 Å². The fourth-order valence-electron chi connectivity index (χ4n) is 1.34. The van der Waals surface area contributed by atoms with Crippen molar-refractivity contribution in [1.82, 2.24) is 0 Å². The molecule has 1 rings (SSSR count). The van der Waals surface area contributed by atoms with Gasteiger partial charge in [-0.25, -0.2) is 0 Å². The lowest BCUT2D eigenvalue weighted by atomic mass is 10.1. The average molecular weight is 192 g/mol. The summed E-state index contributed by atoms with van der Waals surface area (Å²) in [7, 11) is 3.84. The Bertz CT molecular complexity index is 372. The van der Waals surface area contributed by atoms with Crippen molar-refractivity contribution in [2.75, 3.05) is 19.0 Å². The van der Waals surface area contributed by atoms with Crippen LogP contribution in [0.25, 0.3) is 0 Å². The monoisotopic (exact) mass is 192 g/mol. The fourth-order valence-corrected chi connectivity index (χ4v) is 1.34. The van der Waals surface area contributed by atoms with E-state index >= 15 is 0 Å². The third kappa shape index (κ3) is 1.96. The van der Waals surface area contributed by atoms with Gasteiger partial charge in [0, 0.05) is 30.5 Å². The van der Waals surface area contributed by atoms with Gasteiger partial charge in [-0.2, -0.15) is 0 Å². The smallest absolute Gasteiger partial charge is 0.316 e.